The van der Waals surface area contributed by atoms with Crippen LogP contribution < -0.4 is 0 Å². The fourth-order valence-corrected chi connectivity index (χ4v) is 3.85. The summed E-state index contributed by atoms with van der Waals surface area (Å²) in [5.74, 6) is -3.89. The van der Waals surface area contributed by atoms with Gasteiger partial charge < -0.3 is 9.80 Å². The van der Waals surface area contributed by atoms with Gasteiger partial charge >= 0.3 is 12.1 Å². The monoisotopic (exact) mass is 457 g/mol. The molecule has 2 heterocycles. The minimum absolute atomic E-state index is 0.0285. The highest BCUT2D eigenvalue weighted by atomic mass is 19.4. The fraction of sp³-hybridized carbons (Fsp3) is 0.217. The van der Waals surface area contributed by atoms with E-state index >= 15 is 0 Å². The molecule has 170 valence electrons. The predicted molar refractivity (Wildman–Crippen MR) is 109 cm³/mol. The number of fused-ring (bicyclic) bond motifs is 1. The van der Waals surface area contributed by atoms with E-state index in [1.54, 1.807) is 42.5 Å². The highest BCUT2D eigenvalue weighted by molar-refractivity contribution is 6.22. The van der Waals surface area contributed by atoms with Gasteiger partial charge in [-0.3, -0.25) is 24.1 Å². The van der Waals surface area contributed by atoms with Gasteiger partial charge in [0.1, 0.15) is 6.04 Å². The number of halogens is 3. The number of carbonyl (C=O) groups excluding carboxylic acids is 4. The first kappa shape index (κ1) is 22.3. The van der Waals surface area contributed by atoms with Crippen molar-refractivity contribution in [1.29, 1.82) is 0 Å². The third-order valence-corrected chi connectivity index (χ3v) is 5.49. The molecule has 0 radical (unpaired) electrons. The molecule has 2 aliphatic rings. The number of amides is 4. The number of hydrogen-bond donors (Lipinski definition) is 0. The van der Waals surface area contributed by atoms with Crippen LogP contribution in [0.4, 0.5) is 13.2 Å². The van der Waals surface area contributed by atoms with Gasteiger partial charge in [0.05, 0.1) is 11.1 Å². The van der Waals surface area contributed by atoms with Crippen LogP contribution in [0, 0.1) is 0 Å². The Morgan fingerprint density at radius 3 is 1.85 bits per heavy atom. The van der Waals surface area contributed by atoms with Crippen molar-refractivity contribution in [1.82, 2.24) is 14.7 Å². The standard InChI is InChI=1S/C23H18F3N3O4/c24-23(25,26)22(33)28-12-10-27(11-13-28)21(32)18(14-15-6-2-1-3-7-15)29-19(30)16-8-4-5-9-17(16)20(29)31/h1-10,12,18H,11,13-14H2. The number of benzene rings is 2. The second kappa shape index (κ2) is 8.53. The largest absolute Gasteiger partial charge is 0.471 e. The molecule has 4 rings (SSSR count). The molecule has 10 heteroatoms. The summed E-state index contributed by atoms with van der Waals surface area (Å²) >= 11 is 0. The number of imide groups is 1. The van der Waals surface area contributed by atoms with Crippen LogP contribution in [0.1, 0.15) is 26.3 Å². The van der Waals surface area contributed by atoms with Crippen molar-refractivity contribution in [3.8, 4) is 0 Å². The molecule has 1 atom stereocenters. The average molecular weight is 457 g/mol. The number of rotatable bonds is 4. The van der Waals surface area contributed by atoms with E-state index in [1.807, 2.05) is 0 Å². The molecule has 0 bridgehead atoms. The van der Waals surface area contributed by atoms with Crippen LogP contribution in [0.2, 0.25) is 0 Å². The molecule has 1 unspecified atom stereocenters. The van der Waals surface area contributed by atoms with E-state index < -0.39 is 35.8 Å². The lowest BCUT2D eigenvalue weighted by Crippen LogP contribution is -2.53. The van der Waals surface area contributed by atoms with Crippen LogP contribution >= 0.6 is 0 Å². The molecule has 0 fully saturated rings. The zero-order chi connectivity index (χ0) is 23.8. The molecule has 7 nitrogen and oxygen atoms in total. The summed E-state index contributed by atoms with van der Waals surface area (Å²) in [5.41, 5.74) is 1.07. The second-order valence-electron chi connectivity index (χ2n) is 7.56. The maximum Gasteiger partial charge on any atom is 0.471 e. The Hall–Kier alpha value is -3.95. The lowest BCUT2D eigenvalue weighted by Gasteiger charge is -2.33. The first-order chi connectivity index (χ1) is 15.7. The average Bonchev–Trinajstić information content (AvgIpc) is 3.07. The lowest BCUT2D eigenvalue weighted by atomic mass is 10.0. The first-order valence-corrected chi connectivity index (χ1v) is 10.1. The summed E-state index contributed by atoms with van der Waals surface area (Å²) in [4.78, 5) is 53.4. The van der Waals surface area contributed by atoms with E-state index in [0.29, 0.717) is 10.5 Å². The van der Waals surface area contributed by atoms with Gasteiger partial charge in [0.25, 0.3) is 11.8 Å². The number of carbonyl (C=O) groups is 4. The van der Waals surface area contributed by atoms with Gasteiger partial charge in [-0.1, -0.05) is 42.5 Å². The SMILES string of the molecule is O=C(C(Cc1ccccc1)N1C(=O)c2ccccc2C1=O)N1C=CN(C(=O)C(F)(F)F)CC1. The Balaban J connectivity index is 1.63. The van der Waals surface area contributed by atoms with Crippen molar-refractivity contribution in [3.05, 3.63) is 83.7 Å². The maximum absolute atomic E-state index is 13.4. The van der Waals surface area contributed by atoms with Crippen LogP contribution in [0.25, 0.3) is 0 Å². The molecule has 0 spiro atoms. The van der Waals surface area contributed by atoms with Gasteiger partial charge in [-0.2, -0.15) is 13.2 Å². The molecule has 0 N–H and O–H groups in total. The maximum atomic E-state index is 13.4. The summed E-state index contributed by atoms with van der Waals surface area (Å²) < 4.78 is 38.1. The van der Waals surface area contributed by atoms with Crippen LogP contribution in [-0.2, 0) is 16.0 Å². The zero-order valence-electron chi connectivity index (χ0n) is 17.2. The molecule has 2 aliphatic heterocycles. The Kier molecular flexibility index (Phi) is 5.75. The van der Waals surface area contributed by atoms with Crippen LogP contribution in [-0.4, -0.2) is 63.6 Å². The second-order valence-corrected chi connectivity index (χ2v) is 7.56. The van der Waals surface area contributed by atoms with Gasteiger partial charge in [0.2, 0.25) is 5.91 Å². The summed E-state index contributed by atoms with van der Waals surface area (Å²) in [6, 6.07) is 13.8. The molecule has 0 aliphatic carbocycles. The summed E-state index contributed by atoms with van der Waals surface area (Å²) in [6.45, 7) is -0.591. The highest BCUT2D eigenvalue weighted by Crippen LogP contribution is 2.27. The van der Waals surface area contributed by atoms with Crippen molar-refractivity contribution in [2.45, 2.75) is 18.6 Å². The third kappa shape index (κ3) is 4.23. The van der Waals surface area contributed by atoms with E-state index in [2.05, 4.69) is 0 Å². The summed E-state index contributed by atoms with van der Waals surface area (Å²) in [6.07, 6.45) is -3.07. The molecule has 0 saturated carbocycles. The predicted octanol–water partition coefficient (Wildman–Crippen LogP) is 2.60. The van der Waals surface area contributed by atoms with Crippen molar-refractivity contribution < 1.29 is 32.3 Å². The Morgan fingerprint density at radius 1 is 0.818 bits per heavy atom. The lowest BCUT2D eigenvalue weighted by molar-refractivity contribution is -0.183. The highest BCUT2D eigenvalue weighted by Gasteiger charge is 2.45. The number of hydrogen-bond acceptors (Lipinski definition) is 4. The molecule has 2 aromatic rings. The summed E-state index contributed by atoms with van der Waals surface area (Å²) in [5, 5.41) is 0. The molecule has 0 aromatic heterocycles. The van der Waals surface area contributed by atoms with Gasteiger partial charge in [-0.05, 0) is 17.7 Å². The normalized spacial score (nSPS) is 16.8. The van der Waals surface area contributed by atoms with E-state index in [1.165, 1.54) is 12.1 Å². The zero-order valence-corrected chi connectivity index (χ0v) is 17.2. The molecule has 33 heavy (non-hydrogen) atoms. The van der Waals surface area contributed by atoms with E-state index in [-0.39, 0.29) is 30.6 Å². The number of nitrogens with zero attached hydrogens (tertiary/aromatic N) is 3. The van der Waals surface area contributed by atoms with Gasteiger partial charge in [-0.25, -0.2) is 0 Å². The van der Waals surface area contributed by atoms with E-state index in [4.69, 9.17) is 0 Å². The van der Waals surface area contributed by atoms with Gasteiger partial charge in [0, 0.05) is 31.9 Å². The van der Waals surface area contributed by atoms with Gasteiger partial charge in [0.15, 0.2) is 0 Å². The minimum atomic E-state index is -5.04. The van der Waals surface area contributed by atoms with Crippen LogP contribution in [0.3, 0.4) is 0 Å². The fourth-order valence-electron chi connectivity index (χ4n) is 3.85. The third-order valence-electron chi connectivity index (χ3n) is 5.49. The van der Waals surface area contributed by atoms with Crippen molar-refractivity contribution in [2.24, 2.45) is 0 Å². The van der Waals surface area contributed by atoms with Crippen LogP contribution in [0.15, 0.2) is 67.0 Å². The van der Waals surface area contributed by atoms with Crippen molar-refractivity contribution in [2.75, 3.05) is 13.1 Å². The Labute approximate surface area is 186 Å². The van der Waals surface area contributed by atoms with E-state index in [9.17, 15) is 32.3 Å². The van der Waals surface area contributed by atoms with Crippen molar-refractivity contribution >= 4 is 23.6 Å². The van der Waals surface area contributed by atoms with E-state index in [0.717, 1.165) is 22.2 Å². The smallest absolute Gasteiger partial charge is 0.314 e. The summed E-state index contributed by atoms with van der Waals surface area (Å²) in [7, 11) is 0. The topological polar surface area (TPSA) is 78.0 Å². The first-order valence-electron chi connectivity index (χ1n) is 10.1. The molecular formula is C23H18F3N3O4. The Bertz CT molecular complexity index is 1110. The van der Waals surface area contributed by atoms with Crippen molar-refractivity contribution in [3.63, 3.8) is 0 Å². The quantitative estimate of drug-likeness (QED) is 0.662. The van der Waals surface area contributed by atoms with Gasteiger partial charge in [-0.15, -0.1) is 0 Å². The number of alkyl halides is 3. The Morgan fingerprint density at radius 2 is 1.33 bits per heavy atom. The molecule has 2 aromatic carbocycles. The molecular weight excluding hydrogens is 439 g/mol. The minimum Gasteiger partial charge on any atom is -0.314 e. The van der Waals surface area contributed by atoms with Crippen LogP contribution in [0.5, 0.6) is 0 Å². The molecule has 0 saturated heterocycles. The molecule has 4 amide bonds.